The fourth-order valence-electron chi connectivity index (χ4n) is 3.88. The van der Waals surface area contributed by atoms with Crippen LogP contribution >= 0.6 is 23.1 Å². The number of benzene rings is 3. The molecule has 1 heterocycles. The Morgan fingerprint density at radius 1 is 0.971 bits per heavy atom. The zero-order valence-corrected chi connectivity index (χ0v) is 21.1. The molecule has 0 fully saturated rings. The SMILES string of the molecule is Cc1cc(SC(CCCc2ccccc2)c2sc(-c3ccc(C(F)(F)F)cc3)nc2C)ccc1O. The molecule has 0 aliphatic rings. The van der Waals surface area contributed by atoms with E-state index < -0.39 is 11.7 Å². The first-order valence-electron chi connectivity index (χ1n) is 11.4. The largest absolute Gasteiger partial charge is 0.508 e. The highest BCUT2D eigenvalue weighted by Gasteiger charge is 2.30. The number of aromatic nitrogens is 1. The van der Waals surface area contributed by atoms with Gasteiger partial charge in [0, 0.05) is 20.6 Å². The van der Waals surface area contributed by atoms with Crippen LogP contribution in [0, 0.1) is 13.8 Å². The number of nitrogens with zero attached hydrogens (tertiary/aromatic N) is 1. The van der Waals surface area contributed by atoms with Crippen LogP contribution in [-0.4, -0.2) is 10.1 Å². The molecule has 1 atom stereocenters. The van der Waals surface area contributed by atoms with E-state index in [1.165, 1.54) is 17.7 Å². The zero-order valence-electron chi connectivity index (χ0n) is 19.5. The lowest BCUT2D eigenvalue weighted by atomic mass is 10.1. The van der Waals surface area contributed by atoms with Crippen molar-refractivity contribution >= 4 is 23.1 Å². The number of rotatable bonds is 8. The zero-order chi connectivity index (χ0) is 25.0. The number of hydrogen-bond acceptors (Lipinski definition) is 4. The van der Waals surface area contributed by atoms with Crippen LogP contribution in [0.4, 0.5) is 13.2 Å². The van der Waals surface area contributed by atoms with Gasteiger partial charge >= 0.3 is 6.18 Å². The van der Waals surface area contributed by atoms with Crippen molar-refractivity contribution in [2.24, 2.45) is 0 Å². The van der Waals surface area contributed by atoms with Crippen LogP contribution in [0.3, 0.4) is 0 Å². The number of phenolic OH excluding ortho intramolecular Hbond substituents is 1. The Balaban J connectivity index is 1.59. The molecule has 3 aromatic carbocycles. The fourth-order valence-corrected chi connectivity index (χ4v) is 6.54. The number of alkyl halides is 3. The maximum atomic E-state index is 13.0. The third-order valence-corrected chi connectivity index (χ3v) is 8.56. The summed E-state index contributed by atoms with van der Waals surface area (Å²) in [5.41, 5.74) is 3.04. The second-order valence-corrected chi connectivity index (χ2v) is 10.8. The molecule has 1 unspecified atom stereocenters. The van der Waals surface area contributed by atoms with Crippen molar-refractivity contribution in [2.75, 3.05) is 0 Å². The molecule has 1 aromatic heterocycles. The standard InChI is InChI=1S/C28H26F3NOS2/c1-18-17-23(15-16-24(18)33)34-25(10-6-9-20-7-4-3-5-8-20)26-19(2)32-27(35-26)21-11-13-22(14-12-21)28(29,30)31/h3-5,7-8,11-17,25,33H,6,9-10H2,1-2H3. The van der Waals surface area contributed by atoms with Gasteiger partial charge in [0.05, 0.1) is 11.3 Å². The summed E-state index contributed by atoms with van der Waals surface area (Å²) in [5.74, 6) is 0.272. The van der Waals surface area contributed by atoms with Crippen molar-refractivity contribution in [3.05, 3.63) is 100 Å². The van der Waals surface area contributed by atoms with Gasteiger partial charge in [0.25, 0.3) is 0 Å². The van der Waals surface area contributed by atoms with Gasteiger partial charge in [-0.15, -0.1) is 23.1 Å². The number of halogens is 3. The molecule has 4 aromatic rings. The Morgan fingerprint density at radius 2 is 1.69 bits per heavy atom. The Hall–Kier alpha value is -2.77. The summed E-state index contributed by atoms with van der Waals surface area (Å²) in [4.78, 5) is 6.91. The van der Waals surface area contributed by atoms with Gasteiger partial charge in [0.15, 0.2) is 0 Å². The first-order valence-corrected chi connectivity index (χ1v) is 13.1. The Morgan fingerprint density at radius 3 is 2.34 bits per heavy atom. The average Bonchev–Trinajstić information content (AvgIpc) is 3.22. The predicted octanol–water partition coefficient (Wildman–Crippen LogP) is 9.01. The summed E-state index contributed by atoms with van der Waals surface area (Å²) in [6.45, 7) is 3.84. The quantitative estimate of drug-likeness (QED) is 0.239. The van der Waals surface area contributed by atoms with Gasteiger partial charge in [-0.25, -0.2) is 4.98 Å². The molecular weight excluding hydrogens is 487 g/mol. The van der Waals surface area contributed by atoms with E-state index in [2.05, 4.69) is 12.1 Å². The fraction of sp³-hybridized carbons (Fsp3) is 0.250. The van der Waals surface area contributed by atoms with E-state index in [4.69, 9.17) is 4.98 Å². The lowest BCUT2D eigenvalue weighted by Gasteiger charge is -2.17. The van der Waals surface area contributed by atoms with Gasteiger partial charge in [0.2, 0.25) is 0 Å². The lowest BCUT2D eigenvalue weighted by Crippen LogP contribution is -2.03. The van der Waals surface area contributed by atoms with Crippen molar-refractivity contribution in [3.63, 3.8) is 0 Å². The van der Waals surface area contributed by atoms with Crippen molar-refractivity contribution in [1.29, 1.82) is 0 Å². The third kappa shape index (κ3) is 6.47. The molecule has 0 aliphatic carbocycles. The normalized spacial score (nSPS) is 12.6. The second kappa shape index (κ2) is 10.9. The summed E-state index contributed by atoms with van der Waals surface area (Å²) >= 11 is 3.28. The number of thiazole rings is 1. The van der Waals surface area contributed by atoms with E-state index in [1.807, 2.05) is 44.2 Å². The van der Waals surface area contributed by atoms with Crippen LogP contribution in [0.15, 0.2) is 77.7 Å². The van der Waals surface area contributed by atoms with Crippen molar-refractivity contribution in [2.45, 2.75) is 49.4 Å². The van der Waals surface area contributed by atoms with Gasteiger partial charge in [0.1, 0.15) is 10.8 Å². The molecule has 0 amide bonds. The van der Waals surface area contributed by atoms with Crippen LogP contribution in [0.2, 0.25) is 0 Å². The highest BCUT2D eigenvalue weighted by Crippen LogP contribution is 2.45. The minimum absolute atomic E-state index is 0.142. The molecule has 1 N–H and O–H groups in total. The van der Waals surface area contributed by atoms with Crippen LogP contribution < -0.4 is 0 Å². The Labute approximate surface area is 211 Å². The van der Waals surface area contributed by atoms with Crippen LogP contribution in [0.5, 0.6) is 5.75 Å². The molecule has 0 spiro atoms. The molecule has 0 aliphatic heterocycles. The van der Waals surface area contributed by atoms with Crippen LogP contribution in [-0.2, 0) is 12.6 Å². The molecule has 2 nitrogen and oxygen atoms in total. The first kappa shape index (κ1) is 25.3. The molecule has 0 radical (unpaired) electrons. The third-order valence-electron chi connectivity index (χ3n) is 5.81. The monoisotopic (exact) mass is 513 g/mol. The van der Waals surface area contributed by atoms with E-state index in [9.17, 15) is 18.3 Å². The van der Waals surface area contributed by atoms with Gasteiger partial charge in [-0.1, -0.05) is 42.5 Å². The molecule has 182 valence electrons. The molecule has 0 bridgehead atoms. The molecule has 7 heteroatoms. The van der Waals surface area contributed by atoms with Crippen molar-refractivity contribution in [3.8, 4) is 16.3 Å². The minimum atomic E-state index is -4.36. The smallest absolute Gasteiger partial charge is 0.416 e. The van der Waals surface area contributed by atoms with Gasteiger partial charge in [-0.05, 0) is 74.6 Å². The summed E-state index contributed by atoms with van der Waals surface area (Å²) < 4.78 is 38.9. The predicted molar refractivity (Wildman–Crippen MR) is 138 cm³/mol. The summed E-state index contributed by atoms with van der Waals surface area (Å²) in [6.07, 6.45) is -1.47. The number of thioether (sulfide) groups is 1. The molecule has 35 heavy (non-hydrogen) atoms. The highest BCUT2D eigenvalue weighted by molar-refractivity contribution is 7.99. The number of aromatic hydroxyl groups is 1. The molecular formula is C28H26F3NOS2. The number of phenols is 1. The van der Waals surface area contributed by atoms with Crippen LogP contribution in [0.25, 0.3) is 10.6 Å². The summed E-state index contributed by atoms with van der Waals surface area (Å²) in [7, 11) is 0. The van der Waals surface area contributed by atoms with E-state index in [0.29, 0.717) is 5.56 Å². The average molecular weight is 514 g/mol. The molecule has 0 saturated carbocycles. The minimum Gasteiger partial charge on any atom is -0.508 e. The van der Waals surface area contributed by atoms with Crippen molar-refractivity contribution < 1.29 is 18.3 Å². The van der Waals surface area contributed by atoms with Crippen molar-refractivity contribution in [1.82, 2.24) is 4.98 Å². The van der Waals surface area contributed by atoms with E-state index in [1.54, 1.807) is 29.2 Å². The van der Waals surface area contributed by atoms with Gasteiger partial charge in [-0.3, -0.25) is 0 Å². The highest BCUT2D eigenvalue weighted by atomic mass is 32.2. The van der Waals surface area contributed by atoms with E-state index in [-0.39, 0.29) is 11.0 Å². The summed E-state index contributed by atoms with van der Waals surface area (Å²) in [5, 5.41) is 10.8. The molecule has 0 saturated heterocycles. The lowest BCUT2D eigenvalue weighted by molar-refractivity contribution is -0.137. The summed E-state index contributed by atoms with van der Waals surface area (Å²) in [6, 6.07) is 21.2. The maximum absolute atomic E-state index is 13.0. The van der Waals surface area contributed by atoms with E-state index >= 15 is 0 Å². The number of hydrogen-bond donors (Lipinski definition) is 1. The van der Waals surface area contributed by atoms with Crippen LogP contribution in [0.1, 0.15) is 45.4 Å². The Bertz CT molecular complexity index is 1270. The molecule has 4 rings (SSSR count). The van der Waals surface area contributed by atoms with Gasteiger partial charge < -0.3 is 5.11 Å². The number of aryl methyl sites for hydroxylation is 3. The second-order valence-electron chi connectivity index (χ2n) is 8.48. The van der Waals surface area contributed by atoms with E-state index in [0.717, 1.165) is 57.4 Å². The maximum Gasteiger partial charge on any atom is 0.416 e. The Kier molecular flexibility index (Phi) is 7.87. The first-order chi connectivity index (χ1) is 16.7. The topological polar surface area (TPSA) is 33.1 Å². The van der Waals surface area contributed by atoms with Gasteiger partial charge in [-0.2, -0.15) is 13.2 Å².